The number of rotatable bonds is 5. The van der Waals surface area contributed by atoms with Gasteiger partial charge < -0.3 is 9.84 Å². The van der Waals surface area contributed by atoms with Gasteiger partial charge in [-0.3, -0.25) is 9.36 Å². The first kappa shape index (κ1) is 24.5. The molecular weight excluding hydrogens is 536 g/mol. The molecule has 3 aromatic rings. The fourth-order valence-corrected chi connectivity index (χ4v) is 5.58. The smallest absolute Gasteiger partial charge is 0.338 e. The van der Waals surface area contributed by atoms with Crippen molar-refractivity contribution in [2.24, 2.45) is 4.99 Å². The van der Waals surface area contributed by atoms with Crippen molar-refractivity contribution in [1.82, 2.24) is 4.57 Å². The lowest BCUT2D eigenvalue weighted by molar-refractivity contribution is -0.143. The zero-order chi connectivity index (χ0) is 24.6. The number of esters is 1. The maximum atomic E-state index is 13.6. The number of nitrogens with zero attached hydrogens (tertiary/aromatic N) is 2. The minimum atomic E-state index is -0.646. The number of phenols is 1. The lowest BCUT2D eigenvalue weighted by atomic mass is 9.96. The minimum Gasteiger partial charge on any atom is -0.507 e. The van der Waals surface area contributed by atoms with Gasteiger partial charge in [0.15, 0.2) is 4.80 Å². The van der Waals surface area contributed by atoms with Crippen molar-refractivity contribution in [2.75, 3.05) is 6.26 Å². The molecule has 4 rings (SSSR count). The van der Waals surface area contributed by atoms with Crippen LogP contribution in [-0.4, -0.2) is 28.0 Å². The molecule has 0 saturated carbocycles. The Labute approximate surface area is 213 Å². The van der Waals surface area contributed by atoms with Crippen LogP contribution >= 0.6 is 39.0 Å². The number of thiazole rings is 1. The Balaban J connectivity index is 1.93. The number of hydrogen-bond acceptors (Lipinski definition) is 7. The van der Waals surface area contributed by atoms with Crippen molar-refractivity contribution in [3.05, 3.63) is 89.0 Å². The highest BCUT2D eigenvalue weighted by Crippen LogP contribution is 2.32. The van der Waals surface area contributed by atoms with Crippen LogP contribution in [0.25, 0.3) is 6.08 Å². The van der Waals surface area contributed by atoms with Gasteiger partial charge in [0.25, 0.3) is 5.56 Å². The second kappa shape index (κ2) is 9.93. The highest BCUT2D eigenvalue weighted by atomic mass is 79.9. The molecule has 0 amide bonds. The van der Waals surface area contributed by atoms with E-state index in [1.807, 2.05) is 30.5 Å². The first-order valence-corrected chi connectivity index (χ1v) is 13.4. The van der Waals surface area contributed by atoms with Gasteiger partial charge in [0.1, 0.15) is 5.75 Å². The number of fused-ring (bicyclic) bond motifs is 1. The zero-order valence-electron chi connectivity index (χ0n) is 19.0. The Kier molecular flexibility index (Phi) is 7.16. The van der Waals surface area contributed by atoms with Crippen molar-refractivity contribution < 1.29 is 14.6 Å². The molecule has 2 aromatic carbocycles. The normalized spacial score (nSPS) is 15.9. The monoisotopic (exact) mass is 558 g/mol. The van der Waals surface area contributed by atoms with E-state index in [-0.39, 0.29) is 17.4 Å². The van der Waals surface area contributed by atoms with Gasteiger partial charge in [-0.2, -0.15) is 0 Å². The molecule has 0 unspecified atom stereocenters. The van der Waals surface area contributed by atoms with E-state index in [2.05, 4.69) is 20.9 Å². The van der Waals surface area contributed by atoms with E-state index in [0.29, 0.717) is 25.1 Å². The molecule has 34 heavy (non-hydrogen) atoms. The van der Waals surface area contributed by atoms with Crippen LogP contribution in [0, 0.1) is 0 Å². The van der Waals surface area contributed by atoms with E-state index in [9.17, 15) is 14.7 Å². The molecule has 6 nitrogen and oxygen atoms in total. The maximum Gasteiger partial charge on any atom is 0.338 e. The fraction of sp³-hybridized carbons (Fsp3) is 0.240. The third-order valence-corrected chi connectivity index (χ3v) is 7.65. The predicted octanol–water partition coefficient (Wildman–Crippen LogP) is 4.38. The van der Waals surface area contributed by atoms with Gasteiger partial charge in [0, 0.05) is 4.90 Å². The van der Waals surface area contributed by atoms with Gasteiger partial charge in [-0.05, 0) is 84.4 Å². The van der Waals surface area contributed by atoms with Crippen molar-refractivity contribution in [3.8, 4) is 5.75 Å². The summed E-state index contributed by atoms with van der Waals surface area (Å²) >= 11 is 6.20. The molecule has 1 atom stereocenters. The molecule has 0 bridgehead atoms. The number of phenolic OH excluding ortho intramolecular Hbond substituents is 1. The molecule has 0 saturated heterocycles. The number of benzene rings is 2. The van der Waals surface area contributed by atoms with Crippen molar-refractivity contribution in [2.45, 2.75) is 37.8 Å². The summed E-state index contributed by atoms with van der Waals surface area (Å²) in [6.07, 6.45) is 3.45. The quantitative estimate of drug-likeness (QED) is 0.371. The Morgan fingerprint density at radius 1 is 1.26 bits per heavy atom. The van der Waals surface area contributed by atoms with E-state index < -0.39 is 12.0 Å². The molecule has 9 heteroatoms. The average molecular weight is 560 g/mol. The molecule has 0 aliphatic carbocycles. The number of ether oxygens (including phenoxy) is 1. The Hall–Kier alpha value is -2.62. The summed E-state index contributed by atoms with van der Waals surface area (Å²) < 4.78 is 8.12. The lowest BCUT2D eigenvalue weighted by Gasteiger charge is -2.25. The molecular formula is C25H23BrN2O4S2. The fourth-order valence-electron chi connectivity index (χ4n) is 3.73. The summed E-state index contributed by atoms with van der Waals surface area (Å²) in [5, 5.41) is 9.78. The van der Waals surface area contributed by atoms with Crippen LogP contribution < -0.4 is 14.9 Å². The lowest BCUT2D eigenvalue weighted by Crippen LogP contribution is -2.40. The number of carbonyl (C=O) groups is 1. The highest BCUT2D eigenvalue weighted by Gasteiger charge is 2.33. The van der Waals surface area contributed by atoms with Gasteiger partial charge in [-0.1, -0.05) is 29.5 Å². The summed E-state index contributed by atoms with van der Waals surface area (Å²) in [4.78, 5) is 32.9. The van der Waals surface area contributed by atoms with Crippen LogP contribution in [0.2, 0.25) is 0 Å². The van der Waals surface area contributed by atoms with E-state index in [1.165, 1.54) is 11.3 Å². The van der Waals surface area contributed by atoms with Gasteiger partial charge in [-0.15, -0.1) is 11.8 Å². The van der Waals surface area contributed by atoms with Crippen LogP contribution in [0.5, 0.6) is 5.75 Å². The standard InChI is InChI=1S/C25H23BrN2O4S2/c1-13(2)32-24(31)21-14(3)27-25-28(22(21)16-6-8-17(33-4)9-7-16)23(30)20(34-25)12-15-5-10-19(29)18(26)11-15/h5-13,22,29H,1-4H3/b20-12-/t22-/m1/s1. The summed E-state index contributed by atoms with van der Waals surface area (Å²) in [5.74, 6) is -0.358. The first-order chi connectivity index (χ1) is 16.2. The number of halogens is 1. The predicted molar refractivity (Wildman–Crippen MR) is 139 cm³/mol. The van der Waals surface area contributed by atoms with Gasteiger partial charge in [0.05, 0.1) is 32.4 Å². The van der Waals surface area contributed by atoms with E-state index >= 15 is 0 Å². The third kappa shape index (κ3) is 4.78. The molecule has 0 fully saturated rings. The van der Waals surface area contributed by atoms with Gasteiger partial charge >= 0.3 is 5.97 Å². The van der Waals surface area contributed by atoms with Crippen LogP contribution in [0.1, 0.15) is 37.9 Å². The summed E-state index contributed by atoms with van der Waals surface area (Å²) in [6, 6.07) is 12.2. The van der Waals surface area contributed by atoms with Crippen molar-refractivity contribution in [3.63, 3.8) is 0 Å². The zero-order valence-corrected chi connectivity index (χ0v) is 22.3. The Morgan fingerprint density at radius 3 is 2.59 bits per heavy atom. The van der Waals surface area contributed by atoms with Crippen LogP contribution in [0.4, 0.5) is 0 Å². The largest absolute Gasteiger partial charge is 0.507 e. The number of aromatic nitrogens is 1. The summed E-state index contributed by atoms with van der Waals surface area (Å²) in [5.41, 5.74) is 2.21. The Bertz CT molecular complexity index is 1470. The number of allylic oxidation sites excluding steroid dienone is 1. The van der Waals surface area contributed by atoms with Crippen LogP contribution in [-0.2, 0) is 9.53 Å². The minimum absolute atomic E-state index is 0.122. The molecule has 1 aliphatic rings. The topological polar surface area (TPSA) is 80.9 Å². The molecule has 0 radical (unpaired) electrons. The van der Waals surface area contributed by atoms with E-state index in [1.54, 1.807) is 61.4 Å². The number of thioether (sulfide) groups is 1. The first-order valence-electron chi connectivity index (χ1n) is 10.6. The Morgan fingerprint density at radius 2 is 1.97 bits per heavy atom. The maximum absolute atomic E-state index is 13.6. The molecule has 1 N–H and O–H groups in total. The number of aromatic hydroxyl groups is 1. The summed E-state index contributed by atoms with van der Waals surface area (Å²) in [6.45, 7) is 5.36. The second-order valence-corrected chi connectivity index (χ2v) is 10.8. The average Bonchev–Trinajstić information content (AvgIpc) is 3.09. The van der Waals surface area contributed by atoms with Crippen LogP contribution in [0.3, 0.4) is 0 Å². The molecule has 2 heterocycles. The SMILES string of the molecule is CSc1ccc([C@@H]2C(C(=O)OC(C)C)=C(C)N=c3s/c(=C\c4ccc(O)c(Br)c4)c(=O)n32)cc1. The van der Waals surface area contributed by atoms with Crippen molar-refractivity contribution >= 4 is 51.1 Å². The van der Waals surface area contributed by atoms with E-state index in [4.69, 9.17) is 4.74 Å². The molecule has 176 valence electrons. The molecule has 1 aliphatic heterocycles. The van der Waals surface area contributed by atoms with Crippen LogP contribution in [0.15, 0.2) is 72.9 Å². The number of carbonyl (C=O) groups excluding carboxylic acids is 1. The molecule has 1 aromatic heterocycles. The number of hydrogen-bond donors (Lipinski definition) is 1. The second-order valence-electron chi connectivity index (χ2n) is 8.02. The van der Waals surface area contributed by atoms with Gasteiger partial charge in [-0.25, -0.2) is 9.79 Å². The molecule has 0 spiro atoms. The van der Waals surface area contributed by atoms with Gasteiger partial charge in [0.2, 0.25) is 0 Å². The summed E-state index contributed by atoms with van der Waals surface area (Å²) in [7, 11) is 0. The van der Waals surface area contributed by atoms with E-state index in [0.717, 1.165) is 16.0 Å². The highest BCUT2D eigenvalue weighted by molar-refractivity contribution is 9.10. The third-order valence-electron chi connectivity index (χ3n) is 5.29. The van der Waals surface area contributed by atoms with Crippen molar-refractivity contribution in [1.29, 1.82) is 0 Å².